The number of hydrogen-bond donors (Lipinski definition) is 0. The molecule has 0 aromatic heterocycles. The number of carbonyl (C=O) groups is 3. The van der Waals surface area contributed by atoms with Crippen LogP contribution >= 0.6 is 0 Å². The van der Waals surface area contributed by atoms with Gasteiger partial charge in [-0.1, -0.05) is 18.6 Å². The first kappa shape index (κ1) is 16.5. The highest BCUT2D eigenvalue weighted by Crippen LogP contribution is 2.40. The second-order valence-corrected chi connectivity index (χ2v) is 5.91. The first-order valence-corrected chi connectivity index (χ1v) is 7.91. The Hall–Kier alpha value is -1.85. The Morgan fingerprint density at radius 2 is 2.09 bits per heavy atom. The van der Waals surface area contributed by atoms with Crippen molar-refractivity contribution in [1.82, 2.24) is 9.80 Å². The van der Waals surface area contributed by atoms with Gasteiger partial charge >= 0.3 is 12.0 Å². The fourth-order valence-corrected chi connectivity index (χ4v) is 3.28. The number of rotatable bonds is 6. The van der Waals surface area contributed by atoms with Crippen LogP contribution in [0.3, 0.4) is 0 Å². The maximum atomic E-state index is 12.9. The zero-order valence-corrected chi connectivity index (χ0v) is 13.6. The van der Waals surface area contributed by atoms with Gasteiger partial charge < -0.3 is 9.64 Å². The van der Waals surface area contributed by atoms with E-state index in [2.05, 4.69) is 0 Å². The van der Waals surface area contributed by atoms with E-state index in [1.165, 1.54) is 4.90 Å². The van der Waals surface area contributed by atoms with Gasteiger partial charge in [0.15, 0.2) is 0 Å². The lowest BCUT2D eigenvalue weighted by atomic mass is 9.82. The van der Waals surface area contributed by atoms with Gasteiger partial charge in [-0.3, -0.25) is 14.5 Å². The van der Waals surface area contributed by atoms with E-state index in [0.29, 0.717) is 32.5 Å². The summed E-state index contributed by atoms with van der Waals surface area (Å²) in [5, 5.41) is 0. The number of amides is 3. The summed E-state index contributed by atoms with van der Waals surface area (Å²) in [5.74, 6) is -0.491. The van der Waals surface area contributed by atoms with E-state index in [-0.39, 0.29) is 24.3 Å². The third-order valence-electron chi connectivity index (χ3n) is 4.31. The molecule has 1 unspecified atom stereocenters. The minimum atomic E-state index is -0.905. The van der Waals surface area contributed by atoms with E-state index in [9.17, 15) is 14.4 Å². The molecule has 0 aromatic carbocycles. The third-order valence-corrected chi connectivity index (χ3v) is 4.31. The second-order valence-electron chi connectivity index (χ2n) is 5.91. The molecule has 0 radical (unpaired) electrons. The predicted molar refractivity (Wildman–Crippen MR) is 81.1 cm³/mol. The van der Waals surface area contributed by atoms with Crippen LogP contribution in [-0.2, 0) is 14.3 Å². The average molecular weight is 308 g/mol. The largest absolute Gasteiger partial charge is 0.466 e. The van der Waals surface area contributed by atoms with Crippen molar-refractivity contribution in [2.24, 2.45) is 0 Å². The molecule has 0 spiro atoms. The first-order valence-electron chi connectivity index (χ1n) is 7.91. The summed E-state index contributed by atoms with van der Waals surface area (Å²) in [7, 11) is 0. The number of nitrogens with zero attached hydrogens (tertiary/aromatic N) is 2. The minimum absolute atomic E-state index is 0.149. The number of carbonyl (C=O) groups excluding carboxylic acids is 3. The van der Waals surface area contributed by atoms with Crippen LogP contribution in [0.2, 0.25) is 0 Å². The molecule has 0 saturated carbocycles. The Labute approximate surface area is 131 Å². The number of urea groups is 1. The van der Waals surface area contributed by atoms with Crippen molar-refractivity contribution in [3.63, 3.8) is 0 Å². The highest BCUT2D eigenvalue weighted by molar-refractivity contribution is 6.07. The lowest BCUT2D eigenvalue weighted by Gasteiger charge is -2.38. The number of fused-ring (bicyclic) bond motifs is 1. The van der Waals surface area contributed by atoms with Crippen LogP contribution in [0.25, 0.3) is 0 Å². The van der Waals surface area contributed by atoms with Crippen molar-refractivity contribution in [2.45, 2.75) is 52.0 Å². The quantitative estimate of drug-likeness (QED) is 0.428. The Morgan fingerprint density at radius 1 is 1.36 bits per heavy atom. The van der Waals surface area contributed by atoms with Crippen molar-refractivity contribution < 1.29 is 19.1 Å². The lowest BCUT2D eigenvalue weighted by Crippen LogP contribution is -2.52. The summed E-state index contributed by atoms with van der Waals surface area (Å²) in [5.41, 5.74) is 0.178. The Morgan fingerprint density at radius 3 is 2.73 bits per heavy atom. The monoisotopic (exact) mass is 308 g/mol. The fraction of sp³-hybridized carbons (Fsp3) is 0.688. The Bertz CT molecular complexity index is 514. The van der Waals surface area contributed by atoms with Crippen LogP contribution in [0.1, 0.15) is 46.5 Å². The van der Waals surface area contributed by atoms with E-state index in [1.54, 1.807) is 11.8 Å². The molecule has 6 heteroatoms. The van der Waals surface area contributed by atoms with E-state index in [4.69, 9.17) is 4.74 Å². The van der Waals surface area contributed by atoms with Crippen molar-refractivity contribution in [2.75, 3.05) is 19.7 Å². The average Bonchev–Trinajstić information content (AvgIpc) is 2.68. The molecular weight excluding hydrogens is 284 g/mol. The fourth-order valence-electron chi connectivity index (χ4n) is 3.28. The molecular formula is C16H24N2O4. The van der Waals surface area contributed by atoms with Crippen molar-refractivity contribution in [3.8, 4) is 0 Å². The number of hydrogen-bond acceptors (Lipinski definition) is 4. The van der Waals surface area contributed by atoms with Gasteiger partial charge in [-0.05, 0) is 26.7 Å². The van der Waals surface area contributed by atoms with Crippen molar-refractivity contribution in [3.05, 3.63) is 11.6 Å². The molecule has 1 atom stereocenters. The molecule has 22 heavy (non-hydrogen) atoms. The molecule has 1 fully saturated rings. The van der Waals surface area contributed by atoms with Gasteiger partial charge in [0.05, 0.1) is 6.61 Å². The van der Waals surface area contributed by atoms with Crippen LogP contribution in [0.15, 0.2) is 11.6 Å². The Balaban J connectivity index is 2.25. The zero-order valence-electron chi connectivity index (χ0n) is 13.6. The van der Waals surface area contributed by atoms with E-state index >= 15 is 0 Å². The molecule has 6 nitrogen and oxygen atoms in total. The van der Waals surface area contributed by atoms with E-state index < -0.39 is 5.54 Å². The normalized spacial score (nSPS) is 24.4. The SMILES string of the molecule is CCCN1C(=O)N2CC=C(C)CC2(CCC(=O)OCC)C1=O. The minimum Gasteiger partial charge on any atom is -0.466 e. The van der Waals surface area contributed by atoms with Gasteiger partial charge in [0, 0.05) is 25.9 Å². The van der Waals surface area contributed by atoms with Gasteiger partial charge in [0.2, 0.25) is 0 Å². The van der Waals surface area contributed by atoms with Crippen molar-refractivity contribution >= 4 is 17.9 Å². The molecule has 0 bridgehead atoms. The standard InChI is InChI=1S/C16H24N2O4/c1-4-9-17-14(20)16(8-6-13(19)22-5-2)11-12(3)7-10-18(16)15(17)21/h7H,4-6,8-11H2,1-3H3. The summed E-state index contributed by atoms with van der Waals surface area (Å²) in [6.07, 6.45) is 3.67. The molecule has 2 rings (SSSR count). The lowest BCUT2D eigenvalue weighted by molar-refractivity contribution is -0.144. The third kappa shape index (κ3) is 2.74. The highest BCUT2D eigenvalue weighted by atomic mass is 16.5. The summed E-state index contributed by atoms with van der Waals surface area (Å²) in [6, 6.07) is -0.237. The van der Waals surface area contributed by atoms with E-state index in [0.717, 1.165) is 12.0 Å². The van der Waals surface area contributed by atoms with Crippen molar-refractivity contribution in [1.29, 1.82) is 0 Å². The van der Waals surface area contributed by atoms with Gasteiger partial charge in [0.25, 0.3) is 5.91 Å². The molecule has 2 aliphatic rings. The molecule has 1 saturated heterocycles. The number of esters is 1. The van der Waals surface area contributed by atoms with Gasteiger partial charge in [-0.25, -0.2) is 4.79 Å². The first-order chi connectivity index (χ1) is 10.5. The second kappa shape index (κ2) is 6.50. The molecule has 2 heterocycles. The summed E-state index contributed by atoms with van der Waals surface area (Å²) < 4.78 is 4.96. The van der Waals surface area contributed by atoms with Crippen LogP contribution < -0.4 is 0 Å². The van der Waals surface area contributed by atoms with E-state index in [1.807, 2.05) is 19.9 Å². The Kier molecular flexibility index (Phi) is 4.88. The van der Waals surface area contributed by atoms with Crippen LogP contribution in [0.4, 0.5) is 4.79 Å². The molecule has 0 aromatic rings. The topological polar surface area (TPSA) is 66.9 Å². The van der Waals surface area contributed by atoms with Crippen LogP contribution in [0, 0.1) is 0 Å². The summed E-state index contributed by atoms with van der Waals surface area (Å²) >= 11 is 0. The van der Waals surface area contributed by atoms with Gasteiger partial charge in [-0.15, -0.1) is 0 Å². The van der Waals surface area contributed by atoms with Crippen LogP contribution in [0.5, 0.6) is 0 Å². The van der Waals surface area contributed by atoms with Gasteiger partial charge in [-0.2, -0.15) is 0 Å². The molecule has 0 N–H and O–H groups in total. The van der Waals surface area contributed by atoms with Crippen LogP contribution in [-0.4, -0.2) is 52.9 Å². The van der Waals surface area contributed by atoms with Gasteiger partial charge in [0.1, 0.15) is 5.54 Å². The predicted octanol–water partition coefficient (Wildman–Crippen LogP) is 2.09. The summed E-state index contributed by atoms with van der Waals surface area (Å²) in [4.78, 5) is 40.0. The molecule has 122 valence electrons. The maximum absolute atomic E-state index is 12.9. The summed E-state index contributed by atoms with van der Waals surface area (Å²) in [6.45, 7) is 6.83. The number of imide groups is 1. The molecule has 0 aliphatic carbocycles. The number of ether oxygens (including phenoxy) is 1. The zero-order chi connectivity index (χ0) is 16.3. The maximum Gasteiger partial charge on any atom is 0.327 e. The smallest absolute Gasteiger partial charge is 0.327 e. The highest BCUT2D eigenvalue weighted by Gasteiger charge is 2.57. The molecule has 2 aliphatic heterocycles. The molecule has 3 amide bonds.